The lowest BCUT2D eigenvalue weighted by molar-refractivity contribution is -0.298. The Hall–Kier alpha value is -1.20. The van der Waals surface area contributed by atoms with Crippen LogP contribution in [0.5, 0.6) is 0 Å². The first-order chi connectivity index (χ1) is 26.9. The highest BCUT2D eigenvalue weighted by Gasteiger charge is 2.48. The number of aliphatic hydroxyl groups is 5. The summed E-state index contributed by atoms with van der Waals surface area (Å²) in [6.07, 6.45) is 23.2. The lowest BCUT2D eigenvalue weighted by atomic mass is 9.99. The van der Waals surface area contributed by atoms with Crippen molar-refractivity contribution in [2.24, 2.45) is 0 Å². The predicted molar refractivity (Wildman–Crippen MR) is 219 cm³/mol. The van der Waals surface area contributed by atoms with Gasteiger partial charge in [-0.25, -0.2) is 4.18 Å². The maximum atomic E-state index is 13.0. The Labute approximate surface area is 339 Å². The number of ether oxygens (including phenoxy) is 2. The first kappa shape index (κ1) is 52.8. The summed E-state index contributed by atoms with van der Waals surface area (Å²) in [7, 11) is -5.11. The highest BCUT2D eigenvalue weighted by molar-refractivity contribution is 7.80. The number of carbonyl (C=O) groups is 1. The molecule has 0 aromatic carbocycles. The van der Waals surface area contributed by atoms with Gasteiger partial charge in [-0.1, -0.05) is 180 Å². The topological polar surface area (TPSA) is 212 Å². The van der Waals surface area contributed by atoms with Crippen LogP contribution in [0.3, 0.4) is 0 Å². The van der Waals surface area contributed by atoms with E-state index in [0.717, 1.165) is 38.5 Å². The number of unbranched alkanes of at least 4 members (excludes halogenated alkanes) is 24. The molecule has 14 heteroatoms. The van der Waals surface area contributed by atoms with E-state index in [-0.39, 0.29) is 6.42 Å². The van der Waals surface area contributed by atoms with E-state index >= 15 is 0 Å². The molecule has 0 aromatic heterocycles. The third-order valence-corrected chi connectivity index (χ3v) is 11.1. The molecule has 1 heterocycles. The van der Waals surface area contributed by atoms with Crippen molar-refractivity contribution >= 4 is 16.3 Å². The largest absolute Gasteiger partial charge is 0.397 e. The Morgan fingerprint density at radius 1 is 0.714 bits per heavy atom. The van der Waals surface area contributed by atoms with Crippen LogP contribution >= 0.6 is 0 Å². The van der Waals surface area contributed by atoms with E-state index in [1.807, 2.05) is 6.08 Å². The zero-order valence-electron chi connectivity index (χ0n) is 34.8. The first-order valence-corrected chi connectivity index (χ1v) is 23.5. The van der Waals surface area contributed by atoms with Gasteiger partial charge in [0.15, 0.2) is 6.29 Å². The van der Waals surface area contributed by atoms with Crippen molar-refractivity contribution in [3.63, 3.8) is 0 Å². The summed E-state index contributed by atoms with van der Waals surface area (Å²) >= 11 is 0. The predicted octanol–water partition coefficient (Wildman–Crippen LogP) is 6.97. The lowest BCUT2D eigenvalue weighted by Gasteiger charge is -2.41. The molecule has 8 atom stereocenters. The van der Waals surface area contributed by atoms with Gasteiger partial charge in [0.05, 0.1) is 25.4 Å². The summed E-state index contributed by atoms with van der Waals surface area (Å²) in [6, 6.07) is -1.11. The average Bonchev–Trinajstić information content (AvgIpc) is 3.16. The molecule has 1 rings (SSSR count). The second-order valence-corrected chi connectivity index (χ2v) is 16.8. The van der Waals surface area contributed by atoms with Gasteiger partial charge in [0.1, 0.15) is 30.5 Å². The minimum Gasteiger partial charge on any atom is -0.394 e. The highest BCUT2D eigenvalue weighted by Crippen LogP contribution is 2.26. The van der Waals surface area contributed by atoms with Gasteiger partial charge in [0, 0.05) is 0 Å². The van der Waals surface area contributed by atoms with Crippen molar-refractivity contribution in [2.45, 2.75) is 236 Å². The zero-order valence-corrected chi connectivity index (χ0v) is 35.6. The van der Waals surface area contributed by atoms with Crippen LogP contribution in [0, 0.1) is 0 Å². The van der Waals surface area contributed by atoms with Crippen molar-refractivity contribution in [2.75, 3.05) is 13.2 Å². The van der Waals surface area contributed by atoms with Crippen LogP contribution < -0.4 is 5.32 Å². The number of aliphatic hydroxyl groups excluding tert-OH is 5. The van der Waals surface area contributed by atoms with Crippen LogP contribution in [0.1, 0.15) is 187 Å². The molecule has 8 unspecified atom stereocenters. The van der Waals surface area contributed by atoms with Crippen LogP contribution in [0.15, 0.2) is 12.2 Å². The minimum absolute atomic E-state index is 0.248. The first-order valence-electron chi connectivity index (χ1n) is 22.2. The van der Waals surface area contributed by atoms with Crippen molar-refractivity contribution in [1.29, 1.82) is 0 Å². The Morgan fingerprint density at radius 3 is 1.61 bits per heavy atom. The fraction of sp³-hybridized carbons (Fsp3) is 0.929. The van der Waals surface area contributed by atoms with Gasteiger partial charge in [0.25, 0.3) is 0 Å². The molecule has 0 radical (unpaired) electrons. The molecule has 7 N–H and O–H groups in total. The van der Waals surface area contributed by atoms with Gasteiger partial charge >= 0.3 is 10.4 Å². The van der Waals surface area contributed by atoms with E-state index in [2.05, 4.69) is 23.3 Å². The lowest BCUT2D eigenvalue weighted by Crippen LogP contribution is -2.61. The molecule has 1 aliphatic heterocycles. The standard InChI is InChI=1S/C42H81NO12S/c1-3-5-7-9-11-13-14-15-16-17-18-19-20-21-23-25-27-29-31-36(46)41(49)43-34(35(45)30-28-26-24-22-12-10-8-6-4-2)33-53-42-39(48)40(55-56(50,51)52)38(47)37(32-44)54-42/h28,30,34-40,42,44-48H,3-27,29,31-33H2,1-2H3,(H,43,49)(H,50,51,52)/b30-28+. The van der Waals surface area contributed by atoms with E-state index < -0.39 is 78.5 Å². The second-order valence-electron chi connectivity index (χ2n) is 15.8. The maximum Gasteiger partial charge on any atom is 0.397 e. The van der Waals surface area contributed by atoms with Gasteiger partial charge in [-0.3, -0.25) is 9.35 Å². The third-order valence-electron chi connectivity index (χ3n) is 10.7. The van der Waals surface area contributed by atoms with Gasteiger partial charge < -0.3 is 40.3 Å². The average molecular weight is 824 g/mol. The van der Waals surface area contributed by atoms with Crippen molar-refractivity contribution in [1.82, 2.24) is 5.32 Å². The molecule has 1 saturated heterocycles. The summed E-state index contributed by atoms with van der Waals surface area (Å²) < 4.78 is 47.3. The summed E-state index contributed by atoms with van der Waals surface area (Å²) in [5, 5.41) is 55.0. The van der Waals surface area contributed by atoms with Crippen LogP contribution in [0.25, 0.3) is 0 Å². The van der Waals surface area contributed by atoms with Crippen molar-refractivity contribution in [3.05, 3.63) is 12.2 Å². The molecule has 0 aromatic rings. The molecule has 1 fully saturated rings. The normalized spacial score (nSPS) is 22.0. The number of rotatable bonds is 37. The van der Waals surface area contributed by atoms with E-state index in [1.54, 1.807) is 0 Å². The molecule has 1 amide bonds. The number of hydrogen-bond acceptors (Lipinski definition) is 11. The summed E-state index contributed by atoms with van der Waals surface area (Å²) in [5.74, 6) is -0.702. The molecule has 0 saturated carbocycles. The minimum atomic E-state index is -5.11. The molecule has 0 bridgehead atoms. The number of amides is 1. The molecule has 56 heavy (non-hydrogen) atoms. The summed E-state index contributed by atoms with van der Waals surface area (Å²) in [6.45, 7) is 3.17. The molecular weight excluding hydrogens is 743 g/mol. The molecule has 0 spiro atoms. The fourth-order valence-corrected chi connectivity index (χ4v) is 7.62. The molecule has 1 aliphatic rings. The Kier molecular flexibility index (Phi) is 31.7. The third kappa shape index (κ3) is 26.0. The maximum absolute atomic E-state index is 13.0. The monoisotopic (exact) mass is 824 g/mol. The number of carbonyl (C=O) groups excluding carboxylic acids is 1. The van der Waals surface area contributed by atoms with Crippen LogP contribution in [-0.4, -0.2) is 107 Å². The van der Waals surface area contributed by atoms with E-state index in [0.29, 0.717) is 12.8 Å². The quantitative estimate of drug-likeness (QED) is 0.0192. The Bertz CT molecular complexity index is 1080. The highest BCUT2D eigenvalue weighted by atomic mass is 32.3. The number of hydrogen-bond donors (Lipinski definition) is 7. The molecule has 0 aliphatic carbocycles. The molecular formula is C42H81NO12S. The SMILES string of the molecule is CCCCCCCCC/C=C/C(O)C(COC1OC(CO)C(O)C(OS(=O)(=O)O)C1O)NC(=O)C(O)CCCCCCCCCCCCCCCCCCCC. The van der Waals surface area contributed by atoms with Gasteiger partial charge in [0.2, 0.25) is 5.91 Å². The Morgan fingerprint density at radius 2 is 1.16 bits per heavy atom. The smallest absolute Gasteiger partial charge is 0.394 e. The van der Waals surface area contributed by atoms with Crippen LogP contribution in [0.2, 0.25) is 0 Å². The number of allylic oxidation sites excluding steroid dienone is 1. The van der Waals surface area contributed by atoms with Crippen molar-refractivity contribution < 1.29 is 57.0 Å². The summed E-state index contributed by atoms with van der Waals surface area (Å²) in [5.41, 5.74) is 0. The van der Waals surface area contributed by atoms with Crippen molar-refractivity contribution in [3.8, 4) is 0 Å². The van der Waals surface area contributed by atoms with E-state index in [1.165, 1.54) is 122 Å². The van der Waals surface area contributed by atoms with Gasteiger partial charge in [-0.15, -0.1) is 0 Å². The zero-order chi connectivity index (χ0) is 41.4. The van der Waals surface area contributed by atoms with Gasteiger partial charge in [-0.2, -0.15) is 8.42 Å². The second kappa shape index (κ2) is 33.6. The fourth-order valence-electron chi connectivity index (χ4n) is 7.11. The number of nitrogens with one attached hydrogen (secondary N) is 1. The molecule has 332 valence electrons. The summed E-state index contributed by atoms with van der Waals surface area (Å²) in [4.78, 5) is 13.0. The van der Waals surface area contributed by atoms with Gasteiger partial charge in [-0.05, 0) is 19.3 Å². The van der Waals surface area contributed by atoms with Crippen LogP contribution in [-0.2, 0) is 28.9 Å². The van der Waals surface area contributed by atoms with E-state index in [9.17, 15) is 38.7 Å². The Balaban J connectivity index is 2.53. The van der Waals surface area contributed by atoms with Crippen LogP contribution in [0.4, 0.5) is 0 Å². The van der Waals surface area contributed by atoms with E-state index in [4.69, 9.17) is 14.0 Å². The molecule has 13 nitrogen and oxygen atoms in total.